The Balaban J connectivity index is 0.988. The fourth-order valence-corrected chi connectivity index (χ4v) is 12.3. The molecule has 0 N–H and O–H groups in total. The zero-order valence-electron chi connectivity index (χ0n) is 31.4. The minimum absolute atomic E-state index is 0.266. The van der Waals surface area contributed by atoms with Gasteiger partial charge in [-0.3, -0.25) is 0 Å². The molecule has 0 saturated heterocycles. The second-order valence-electron chi connectivity index (χ2n) is 16.9. The molecule has 0 spiro atoms. The first-order chi connectivity index (χ1) is 26.5. The molecule has 4 aliphatic rings. The van der Waals surface area contributed by atoms with Gasteiger partial charge in [0.05, 0.1) is 0 Å². The molecule has 268 valence electrons. The van der Waals surface area contributed by atoms with Crippen LogP contribution in [0.1, 0.15) is 80.5 Å². The van der Waals surface area contributed by atoms with Crippen LogP contribution in [0.2, 0.25) is 0 Å². The number of hydrogen-bond donors (Lipinski definition) is 0. The summed E-state index contributed by atoms with van der Waals surface area (Å²) in [4.78, 5) is 2.45. The van der Waals surface area contributed by atoms with Crippen molar-refractivity contribution in [3.05, 3.63) is 168 Å². The lowest BCUT2D eigenvalue weighted by atomic mass is 9.42. The molecule has 0 amide bonds. The lowest BCUT2D eigenvalue weighted by Crippen LogP contribution is -2.55. The Morgan fingerprint density at radius 1 is 0.630 bits per heavy atom. The van der Waals surface area contributed by atoms with Crippen molar-refractivity contribution >= 4 is 54.6 Å². The maximum absolute atomic E-state index is 4.00. The molecule has 1 aromatic heterocycles. The molecule has 4 aliphatic carbocycles. The predicted octanol–water partition coefficient (Wildman–Crippen LogP) is 15.0. The van der Waals surface area contributed by atoms with Gasteiger partial charge in [0.1, 0.15) is 0 Å². The Morgan fingerprint density at radius 2 is 1.19 bits per heavy atom. The summed E-state index contributed by atoms with van der Waals surface area (Å²) in [5.41, 5.74) is 12.4. The summed E-state index contributed by atoms with van der Waals surface area (Å²) >= 11 is 1.88. The number of unbranched alkanes of at least 4 members (excludes halogenated alkanes) is 1. The number of anilines is 3. The Hall–Kier alpha value is -4.92. The standard InChI is InChI=1S/C52H49NS/c1-3-5-8-37-13-22-44(23-14-37)53(45-24-15-40(16-25-45)41-17-28-50-48(30-41)47-9-6-7-10-49(47)54-50)46-26-20-43(21-27-46)52-33-38-29-39(34-52)32-51(31-38,35-52)42-18-11-36(4-2)12-19-42/h4,6-7,9-28,30,38-39H,2-3,5,8,29,31-35H2,1H3. The first-order valence-electron chi connectivity index (χ1n) is 20.3. The van der Waals surface area contributed by atoms with Gasteiger partial charge < -0.3 is 4.90 Å². The van der Waals surface area contributed by atoms with Crippen LogP contribution in [0.3, 0.4) is 0 Å². The number of benzene rings is 6. The first-order valence-corrected chi connectivity index (χ1v) is 21.1. The van der Waals surface area contributed by atoms with Crippen molar-refractivity contribution in [2.75, 3.05) is 4.90 Å². The molecule has 2 heteroatoms. The van der Waals surface area contributed by atoms with E-state index in [0.29, 0.717) is 5.41 Å². The molecule has 1 nitrogen and oxygen atoms in total. The highest BCUT2D eigenvalue weighted by Crippen LogP contribution is 2.66. The van der Waals surface area contributed by atoms with Crippen LogP contribution in [0.25, 0.3) is 37.4 Å². The molecule has 7 aromatic rings. The van der Waals surface area contributed by atoms with Crippen molar-refractivity contribution in [3.63, 3.8) is 0 Å². The number of hydrogen-bond acceptors (Lipinski definition) is 2. The van der Waals surface area contributed by atoms with Gasteiger partial charge in [-0.05, 0) is 162 Å². The van der Waals surface area contributed by atoms with Gasteiger partial charge in [-0.2, -0.15) is 0 Å². The van der Waals surface area contributed by atoms with E-state index in [9.17, 15) is 0 Å². The van der Waals surface area contributed by atoms with E-state index in [1.54, 1.807) is 11.1 Å². The van der Waals surface area contributed by atoms with E-state index in [4.69, 9.17) is 0 Å². The van der Waals surface area contributed by atoms with E-state index in [0.717, 1.165) is 18.3 Å². The Kier molecular flexibility index (Phi) is 8.36. The van der Waals surface area contributed by atoms with Crippen LogP contribution in [0, 0.1) is 11.8 Å². The van der Waals surface area contributed by atoms with Crippen LogP contribution in [0.15, 0.2) is 146 Å². The second kappa shape index (κ2) is 13.4. The van der Waals surface area contributed by atoms with Crippen molar-refractivity contribution in [2.45, 2.75) is 75.5 Å². The largest absolute Gasteiger partial charge is 0.311 e. The molecule has 54 heavy (non-hydrogen) atoms. The van der Waals surface area contributed by atoms with Gasteiger partial charge in [-0.1, -0.05) is 111 Å². The van der Waals surface area contributed by atoms with Crippen LogP contribution >= 0.6 is 11.3 Å². The fourth-order valence-electron chi connectivity index (χ4n) is 11.2. The molecule has 2 atom stereocenters. The monoisotopic (exact) mass is 719 g/mol. The maximum atomic E-state index is 4.00. The highest BCUT2D eigenvalue weighted by Gasteiger charge is 2.58. The molecule has 4 saturated carbocycles. The number of nitrogens with zero attached hydrogens (tertiary/aromatic N) is 1. The Morgan fingerprint density at radius 3 is 1.81 bits per heavy atom. The van der Waals surface area contributed by atoms with E-state index in [2.05, 4.69) is 158 Å². The zero-order chi connectivity index (χ0) is 36.3. The summed E-state index contributed by atoms with van der Waals surface area (Å²) < 4.78 is 2.70. The van der Waals surface area contributed by atoms with Gasteiger partial charge in [-0.25, -0.2) is 0 Å². The summed E-state index contributed by atoms with van der Waals surface area (Å²) in [5.74, 6) is 1.65. The third-order valence-corrected chi connectivity index (χ3v) is 14.6. The molecule has 1 heterocycles. The number of rotatable bonds is 10. The van der Waals surface area contributed by atoms with Crippen molar-refractivity contribution in [3.8, 4) is 11.1 Å². The average Bonchev–Trinajstić information content (AvgIpc) is 3.59. The summed E-state index contributed by atoms with van der Waals surface area (Å²) in [6.45, 7) is 6.28. The van der Waals surface area contributed by atoms with Gasteiger partial charge in [0.25, 0.3) is 0 Å². The van der Waals surface area contributed by atoms with Gasteiger partial charge >= 0.3 is 0 Å². The van der Waals surface area contributed by atoms with E-state index in [1.165, 1.54) is 111 Å². The van der Waals surface area contributed by atoms with E-state index in [-0.39, 0.29) is 5.41 Å². The minimum Gasteiger partial charge on any atom is -0.311 e. The fraction of sp³-hybridized carbons (Fsp3) is 0.269. The van der Waals surface area contributed by atoms with Crippen molar-refractivity contribution in [1.29, 1.82) is 0 Å². The zero-order valence-corrected chi connectivity index (χ0v) is 32.3. The molecule has 4 bridgehead atoms. The number of thiophene rings is 1. The van der Waals surface area contributed by atoms with Gasteiger partial charge in [0.2, 0.25) is 0 Å². The third-order valence-electron chi connectivity index (χ3n) is 13.4. The highest BCUT2D eigenvalue weighted by atomic mass is 32.1. The summed E-state index contributed by atoms with van der Waals surface area (Å²) in [5, 5.41) is 2.69. The van der Waals surface area contributed by atoms with Gasteiger partial charge in [0.15, 0.2) is 0 Å². The summed E-state index contributed by atoms with van der Waals surface area (Å²) in [7, 11) is 0. The number of fused-ring (bicyclic) bond motifs is 3. The van der Waals surface area contributed by atoms with Crippen molar-refractivity contribution in [1.82, 2.24) is 0 Å². The number of aryl methyl sites for hydroxylation is 1. The normalized spacial score (nSPS) is 22.9. The molecular weight excluding hydrogens is 671 g/mol. The Bertz CT molecular complexity index is 2440. The topological polar surface area (TPSA) is 3.24 Å². The van der Waals surface area contributed by atoms with Crippen molar-refractivity contribution in [2.24, 2.45) is 11.8 Å². The molecule has 4 fully saturated rings. The van der Waals surface area contributed by atoms with E-state index < -0.39 is 0 Å². The summed E-state index contributed by atoms with van der Waals surface area (Å²) in [6, 6.07) is 53.5. The maximum Gasteiger partial charge on any atom is 0.0462 e. The molecule has 6 aromatic carbocycles. The van der Waals surface area contributed by atoms with E-state index in [1.807, 2.05) is 17.4 Å². The molecule has 11 rings (SSSR count). The minimum atomic E-state index is 0.266. The first kappa shape index (κ1) is 33.6. The Labute approximate surface area is 325 Å². The smallest absolute Gasteiger partial charge is 0.0462 e. The quantitative estimate of drug-likeness (QED) is 0.136. The summed E-state index contributed by atoms with van der Waals surface area (Å²) in [6.07, 6.45) is 13.6. The van der Waals surface area contributed by atoms with Crippen molar-refractivity contribution < 1.29 is 0 Å². The highest BCUT2D eigenvalue weighted by molar-refractivity contribution is 7.25. The van der Waals surface area contributed by atoms with Crippen LogP contribution in [0.5, 0.6) is 0 Å². The molecule has 0 radical (unpaired) electrons. The lowest BCUT2D eigenvalue weighted by Gasteiger charge is -2.63. The predicted molar refractivity (Wildman–Crippen MR) is 233 cm³/mol. The second-order valence-corrected chi connectivity index (χ2v) is 17.9. The van der Waals surface area contributed by atoms with Gasteiger partial charge in [0, 0.05) is 37.2 Å². The SMILES string of the molecule is C=Cc1ccc(C23CC4CC(C2)CC(c2ccc(N(c5ccc(CCCC)cc5)c5ccc(-c6ccc7sc8ccccc8c7c6)cc5)cc2)(C4)C3)cc1. The van der Waals surface area contributed by atoms with E-state index >= 15 is 0 Å². The van der Waals surface area contributed by atoms with Crippen LogP contribution in [-0.4, -0.2) is 0 Å². The molecular formula is C52H49NS. The molecule has 2 unspecified atom stereocenters. The lowest BCUT2D eigenvalue weighted by molar-refractivity contribution is -0.0281. The van der Waals surface area contributed by atoms with Crippen LogP contribution in [-0.2, 0) is 17.3 Å². The third kappa shape index (κ3) is 5.82. The molecule has 0 aliphatic heterocycles. The van der Waals surface area contributed by atoms with Crippen LogP contribution < -0.4 is 4.90 Å². The average molecular weight is 720 g/mol. The van der Waals surface area contributed by atoms with Gasteiger partial charge in [-0.15, -0.1) is 11.3 Å². The van der Waals surface area contributed by atoms with Crippen LogP contribution in [0.4, 0.5) is 17.1 Å².